The van der Waals surface area contributed by atoms with Gasteiger partial charge in [0.2, 0.25) is 0 Å². The van der Waals surface area contributed by atoms with Crippen LogP contribution in [0.1, 0.15) is 23.7 Å². The molecule has 1 N–H and O–H groups in total. The van der Waals surface area contributed by atoms with E-state index in [4.69, 9.17) is 0 Å². The van der Waals surface area contributed by atoms with Crippen molar-refractivity contribution in [1.29, 1.82) is 0 Å². The van der Waals surface area contributed by atoms with Crippen molar-refractivity contribution in [3.8, 4) is 0 Å². The van der Waals surface area contributed by atoms with Gasteiger partial charge in [0.25, 0.3) is 5.91 Å². The molecule has 1 aromatic carbocycles. The number of carbonyl (C=O) groups is 2. The number of pyridine rings is 1. The smallest absolute Gasteiger partial charge is 0.307 e. The monoisotopic (exact) mass is 382 g/mol. The Morgan fingerprint density at radius 1 is 1.00 bits per heavy atom. The molecular formula is C21H26N4O3. The topological polar surface area (TPSA) is 74.8 Å². The van der Waals surface area contributed by atoms with Crippen molar-refractivity contribution < 1.29 is 14.3 Å². The number of anilines is 2. The molecule has 1 aliphatic heterocycles. The second-order valence-corrected chi connectivity index (χ2v) is 6.88. The van der Waals surface area contributed by atoms with Gasteiger partial charge in [-0.25, -0.2) is 0 Å². The molecule has 1 atom stereocenters. The van der Waals surface area contributed by atoms with Gasteiger partial charge in [-0.1, -0.05) is 0 Å². The Balaban J connectivity index is 1.53. The van der Waals surface area contributed by atoms with Crippen LogP contribution in [-0.4, -0.2) is 56.2 Å². The minimum atomic E-state index is -0.339. The summed E-state index contributed by atoms with van der Waals surface area (Å²) in [6.07, 6.45) is 3.79. The Hall–Kier alpha value is -3.09. The summed E-state index contributed by atoms with van der Waals surface area (Å²) in [4.78, 5) is 32.3. The molecule has 1 fully saturated rings. The van der Waals surface area contributed by atoms with Crippen LogP contribution in [0.25, 0.3) is 0 Å². The number of aromatic nitrogens is 1. The van der Waals surface area contributed by atoms with Crippen molar-refractivity contribution in [2.45, 2.75) is 19.4 Å². The van der Waals surface area contributed by atoms with Gasteiger partial charge in [0.05, 0.1) is 13.5 Å². The van der Waals surface area contributed by atoms with E-state index >= 15 is 0 Å². The average Bonchev–Trinajstić information content (AvgIpc) is 2.74. The first-order valence-electron chi connectivity index (χ1n) is 9.44. The number of carbonyl (C=O) groups excluding carboxylic acids is 2. The molecule has 28 heavy (non-hydrogen) atoms. The Kier molecular flexibility index (Phi) is 6.47. The van der Waals surface area contributed by atoms with Crippen LogP contribution >= 0.6 is 0 Å². The van der Waals surface area contributed by atoms with Gasteiger partial charge < -0.3 is 19.9 Å². The third kappa shape index (κ3) is 5.00. The Morgan fingerprint density at radius 3 is 2.07 bits per heavy atom. The molecule has 7 nitrogen and oxygen atoms in total. The molecule has 1 amide bonds. The van der Waals surface area contributed by atoms with Gasteiger partial charge in [0, 0.05) is 61.6 Å². The van der Waals surface area contributed by atoms with E-state index in [9.17, 15) is 9.59 Å². The highest BCUT2D eigenvalue weighted by Crippen LogP contribution is 2.20. The lowest BCUT2D eigenvalue weighted by Gasteiger charge is -2.37. The zero-order chi connectivity index (χ0) is 19.9. The van der Waals surface area contributed by atoms with Crippen LogP contribution in [0.4, 0.5) is 11.4 Å². The first-order chi connectivity index (χ1) is 13.6. The van der Waals surface area contributed by atoms with Gasteiger partial charge in [0.15, 0.2) is 0 Å². The predicted octanol–water partition coefficient (Wildman–Crippen LogP) is 2.09. The summed E-state index contributed by atoms with van der Waals surface area (Å²) in [5.41, 5.74) is 2.88. The molecule has 148 valence electrons. The van der Waals surface area contributed by atoms with E-state index in [1.165, 1.54) is 12.8 Å². The number of hydrogen-bond acceptors (Lipinski definition) is 6. The van der Waals surface area contributed by atoms with Crippen LogP contribution in [0.15, 0.2) is 48.8 Å². The average molecular weight is 382 g/mol. The maximum atomic E-state index is 12.3. The molecule has 0 radical (unpaired) electrons. The van der Waals surface area contributed by atoms with Crippen LogP contribution in [0, 0.1) is 0 Å². The second-order valence-electron chi connectivity index (χ2n) is 6.88. The molecule has 2 heterocycles. The van der Waals surface area contributed by atoms with Crippen molar-refractivity contribution in [3.05, 3.63) is 54.4 Å². The summed E-state index contributed by atoms with van der Waals surface area (Å²) in [6, 6.07) is 11.4. The Bertz CT molecular complexity index is 787. The van der Waals surface area contributed by atoms with E-state index in [0.717, 1.165) is 31.9 Å². The molecule has 3 rings (SSSR count). The lowest BCUT2D eigenvalue weighted by atomic mass is 10.1. The van der Waals surface area contributed by atoms with Crippen LogP contribution in [0.2, 0.25) is 0 Å². The largest absolute Gasteiger partial charge is 0.469 e. The van der Waals surface area contributed by atoms with Crippen LogP contribution in [-0.2, 0) is 9.53 Å². The third-order valence-electron chi connectivity index (χ3n) is 4.88. The normalized spacial score (nSPS) is 15.1. The number of nitrogens with one attached hydrogen (secondary N) is 1. The highest BCUT2D eigenvalue weighted by Gasteiger charge is 2.18. The van der Waals surface area contributed by atoms with Crippen LogP contribution < -0.4 is 15.1 Å². The summed E-state index contributed by atoms with van der Waals surface area (Å²) in [5.74, 6) is -0.528. The summed E-state index contributed by atoms with van der Waals surface area (Å²) in [7, 11) is 1.34. The number of piperazine rings is 1. The maximum absolute atomic E-state index is 12.3. The van der Waals surface area contributed by atoms with E-state index < -0.39 is 0 Å². The highest BCUT2D eigenvalue weighted by atomic mass is 16.5. The van der Waals surface area contributed by atoms with Crippen molar-refractivity contribution in [2.24, 2.45) is 0 Å². The fourth-order valence-corrected chi connectivity index (χ4v) is 3.29. The van der Waals surface area contributed by atoms with Crippen molar-refractivity contribution in [1.82, 2.24) is 10.3 Å². The number of ether oxygens (including phenoxy) is 1. The van der Waals surface area contributed by atoms with Gasteiger partial charge in [-0.2, -0.15) is 0 Å². The van der Waals surface area contributed by atoms with Crippen molar-refractivity contribution in [2.75, 3.05) is 43.1 Å². The van der Waals surface area contributed by atoms with Gasteiger partial charge >= 0.3 is 5.97 Å². The number of hydrogen-bond donors (Lipinski definition) is 1. The minimum absolute atomic E-state index is 0.155. The van der Waals surface area contributed by atoms with Crippen molar-refractivity contribution >= 4 is 23.3 Å². The Labute approximate surface area is 165 Å². The molecular weight excluding hydrogens is 356 g/mol. The third-order valence-corrected chi connectivity index (χ3v) is 4.88. The lowest BCUT2D eigenvalue weighted by Crippen LogP contribution is -2.46. The molecule has 7 heteroatoms. The summed E-state index contributed by atoms with van der Waals surface area (Å²) in [6.45, 7) is 5.51. The first-order valence-corrected chi connectivity index (χ1v) is 9.44. The standard InChI is InChI=1S/C21H26N4O3/c1-16(15-20(26)28-2)23-21(27)17-3-5-18(6-4-17)24-11-13-25(14-12-24)19-7-9-22-10-8-19/h3-10,16H,11-15H2,1-2H3,(H,23,27). The summed E-state index contributed by atoms with van der Waals surface area (Å²) in [5, 5.41) is 2.82. The molecule has 0 saturated carbocycles. The van der Waals surface area contributed by atoms with Gasteiger partial charge in [0.1, 0.15) is 0 Å². The van der Waals surface area contributed by atoms with E-state index in [-0.39, 0.29) is 24.3 Å². The second kappa shape index (κ2) is 9.21. The van der Waals surface area contributed by atoms with Crippen LogP contribution in [0.3, 0.4) is 0 Å². The summed E-state index contributed by atoms with van der Waals surface area (Å²) < 4.78 is 4.62. The van der Waals surface area contributed by atoms with Crippen LogP contribution in [0.5, 0.6) is 0 Å². The molecule has 0 aliphatic carbocycles. The molecule has 0 bridgehead atoms. The number of esters is 1. The summed E-state index contributed by atoms with van der Waals surface area (Å²) >= 11 is 0. The lowest BCUT2D eigenvalue weighted by molar-refractivity contribution is -0.141. The number of benzene rings is 1. The van der Waals surface area contributed by atoms with E-state index in [1.54, 1.807) is 6.92 Å². The van der Waals surface area contributed by atoms with Gasteiger partial charge in [-0.15, -0.1) is 0 Å². The first kappa shape index (κ1) is 19.7. The van der Waals surface area contributed by atoms with E-state index in [0.29, 0.717) is 5.56 Å². The molecule has 2 aromatic rings. The SMILES string of the molecule is COC(=O)CC(C)NC(=O)c1ccc(N2CCN(c3ccncc3)CC2)cc1. The molecule has 1 unspecified atom stereocenters. The highest BCUT2D eigenvalue weighted by molar-refractivity contribution is 5.95. The maximum Gasteiger partial charge on any atom is 0.307 e. The van der Waals surface area contributed by atoms with E-state index in [2.05, 4.69) is 24.8 Å². The zero-order valence-corrected chi connectivity index (χ0v) is 16.3. The minimum Gasteiger partial charge on any atom is -0.469 e. The molecule has 1 saturated heterocycles. The molecule has 1 aromatic heterocycles. The number of amides is 1. The zero-order valence-electron chi connectivity index (χ0n) is 16.3. The quantitative estimate of drug-likeness (QED) is 0.771. The number of nitrogens with zero attached hydrogens (tertiary/aromatic N) is 3. The van der Waals surface area contributed by atoms with E-state index in [1.807, 2.05) is 48.8 Å². The number of methoxy groups -OCH3 is 1. The molecule has 1 aliphatic rings. The Morgan fingerprint density at radius 2 is 1.54 bits per heavy atom. The predicted molar refractivity (Wildman–Crippen MR) is 109 cm³/mol. The fraction of sp³-hybridized carbons (Fsp3) is 0.381. The van der Waals surface area contributed by atoms with Gasteiger partial charge in [-0.05, 0) is 43.3 Å². The van der Waals surface area contributed by atoms with Crippen molar-refractivity contribution in [3.63, 3.8) is 0 Å². The number of rotatable bonds is 6. The van der Waals surface area contributed by atoms with Gasteiger partial charge in [-0.3, -0.25) is 14.6 Å². The molecule has 0 spiro atoms. The fourth-order valence-electron chi connectivity index (χ4n) is 3.29.